The third-order valence-electron chi connectivity index (χ3n) is 5.58. The molecule has 0 fully saturated rings. The summed E-state index contributed by atoms with van der Waals surface area (Å²) in [4.78, 5) is 13.2. The molecule has 0 radical (unpaired) electrons. The Balaban J connectivity index is 1.46. The molecule has 0 bridgehead atoms. The number of anilines is 1. The Morgan fingerprint density at radius 2 is 1.65 bits per heavy atom. The standard InChI is InChI=1S/C26H27NO4/c28-25(29)19-31-24-15-7-14-23-26(24)30-18-17-27(23)16-8-13-22(20-9-3-1-4-10-20)21-11-5-2-6-12-21/h1-7,9-12,14-15,22H,8,13,16-19H2,(H,28,29). The zero-order valence-corrected chi connectivity index (χ0v) is 17.4. The molecular weight excluding hydrogens is 390 g/mol. The molecule has 1 aliphatic rings. The number of carbonyl (C=O) groups is 1. The van der Waals surface area contributed by atoms with Gasteiger partial charge in [0.2, 0.25) is 0 Å². The zero-order chi connectivity index (χ0) is 21.5. The number of hydrogen-bond donors (Lipinski definition) is 1. The third kappa shape index (κ3) is 5.18. The second kappa shape index (κ2) is 10.0. The number of para-hydroxylation sites is 1. The van der Waals surface area contributed by atoms with Crippen LogP contribution in [0.2, 0.25) is 0 Å². The van der Waals surface area contributed by atoms with Crippen molar-refractivity contribution in [2.24, 2.45) is 0 Å². The van der Waals surface area contributed by atoms with Crippen molar-refractivity contribution in [2.45, 2.75) is 18.8 Å². The fourth-order valence-corrected chi connectivity index (χ4v) is 4.14. The van der Waals surface area contributed by atoms with Crippen LogP contribution in [-0.2, 0) is 4.79 Å². The summed E-state index contributed by atoms with van der Waals surface area (Å²) in [5, 5.41) is 8.91. The van der Waals surface area contributed by atoms with Gasteiger partial charge in [0.15, 0.2) is 18.1 Å². The van der Waals surface area contributed by atoms with E-state index in [0.29, 0.717) is 24.0 Å². The minimum Gasteiger partial charge on any atom is -0.486 e. The van der Waals surface area contributed by atoms with Crippen LogP contribution in [0.3, 0.4) is 0 Å². The first kappa shape index (κ1) is 20.8. The van der Waals surface area contributed by atoms with Crippen molar-refractivity contribution < 1.29 is 19.4 Å². The molecule has 5 heteroatoms. The van der Waals surface area contributed by atoms with Gasteiger partial charge >= 0.3 is 5.97 Å². The van der Waals surface area contributed by atoms with Crippen LogP contribution in [0.25, 0.3) is 0 Å². The summed E-state index contributed by atoms with van der Waals surface area (Å²) in [6.07, 6.45) is 2.06. The topological polar surface area (TPSA) is 59.0 Å². The van der Waals surface area contributed by atoms with E-state index in [4.69, 9.17) is 14.6 Å². The Hall–Kier alpha value is -3.47. The maximum Gasteiger partial charge on any atom is 0.341 e. The lowest BCUT2D eigenvalue weighted by molar-refractivity contribution is -0.139. The van der Waals surface area contributed by atoms with Crippen molar-refractivity contribution in [3.05, 3.63) is 90.0 Å². The molecule has 0 atom stereocenters. The highest BCUT2D eigenvalue weighted by Crippen LogP contribution is 2.40. The minimum absolute atomic E-state index is 0.355. The highest BCUT2D eigenvalue weighted by molar-refractivity contribution is 5.70. The van der Waals surface area contributed by atoms with E-state index in [1.165, 1.54) is 11.1 Å². The highest BCUT2D eigenvalue weighted by Gasteiger charge is 2.22. The van der Waals surface area contributed by atoms with Gasteiger partial charge in [0.25, 0.3) is 0 Å². The van der Waals surface area contributed by atoms with Crippen LogP contribution in [0.4, 0.5) is 5.69 Å². The first-order valence-corrected chi connectivity index (χ1v) is 10.7. The van der Waals surface area contributed by atoms with Gasteiger partial charge in [0, 0.05) is 12.5 Å². The van der Waals surface area contributed by atoms with Crippen molar-refractivity contribution in [1.29, 1.82) is 0 Å². The Morgan fingerprint density at radius 3 is 2.29 bits per heavy atom. The third-order valence-corrected chi connectivity index (χ3v) is 5.58. The van der Waals surface area contributed by atoms with E-state index in [0.717, 1.165) is 31.6 Å². The average molecular weight is 418 g/mol. The van der Waals surface area contributed by atoms with Crippen LogP contribution >= 0.6 is 0 Å². The molecular formula is C26H27NO4. The average Bonchev–Trinajstić information content (AvgIpc) is 2.81. The van der Waals surface area contributed by atoms with E-state index < -0.39 is 5.97 Å². The number of rotatable bonds is 9. The van der Waals surface area contributed by atoms with Crippen LogP contribution < -0.4 is 14.4 Å². The van der Waals surface area contributed by atoms with Crippen molar-refractivity contribution >= 4 is 11.7 Å². The molecule has 160 valence electrons. The molecule has 4 rings (SSSR count). The van der Waals surface area contributed by atoms with E-state index in [1.54, 1.807) is 6.07 Å². The smallest absolute Gasteiger partial charge is 0.341 e. The maximum atomic E-state index is 10.9. The molecule has 0 aliphatic carbocycles. The van der Waals surface area contributed by atoms with Crippen molar-refractivity contribution in [3.8, 4) is 11.5 Å². The van der Waals surface area contributed by atoms with E-state index in [9.17, 15) is 4.79 Å². The zero-order valence-electron chi connectivity index (χ0n) is 17.4. The van der Waals surface area contributed by atoms with E-state index in [1.807, 2.05) is 12.1 Å². The number of benzene rings is 3. The second-order valence-electron chi connectivity index (χ2n) is 7.64. The quantitative estimate of drug-likeness (QED) is 0.533. The lowest BCUT2D eigenvalue weighted by Gasteiger charge is -2.32. The van der Waals surface area contributed by atoms with Crippen molar-refractivity contribution in [2.75, 3.05) is 31.2 Å². The molecule has 0 saturated carbocycles. The fraction of sp³-hybridized carbons (Fsp3) is 0.269. The predicted molar refractivity (Wildman–Crippen MR) is 121 cm³/mol. The van der Waals surface area contributed by atoms with Gasteiger partial charge in [0.1, 0.15) is 6.61 Å². The number of hydrogen-bond acceptors (Lipinski definition) is 4. The summed E-state index contributed by atoms with van der Waals surface area (Å²) < 4.78 is 11.2. The molecule has 1 heterocycles. The molecule has 31 heavy (non-hydrogen) atoms. The van der Waals surface area contributed by atoms with Crippen LogP contribution in [0, 0.1) is 0 Å². The summed E-state index contributed by atoms with van der Waals surface area (Å²) in [5.74, 6) is 0.472. The number of aliphatic carboxylic acids is 1. The normalized spacial score (nSPS) is 12.9. The summed E-state index contributed by atoms with van der Waals surface area (Å²) in [7, 11) is 0. The van der Waals surface area contributed by atoms with Crippen LogP contribution in [0.1, 0.15) is 29.9 Å². The van der Waals surface area contributed by atoms with Gasteiger partial charge in [0.05, 0.1) is 12.2 Å². The Morgan fingerprint density at radius 1 is 0.968 bits per heavy atom. The molecule has 1 N–H and O–H groups in total. The Kier molecular flexibility index (Phi) is 6.72. The first-order chi connectivity index (χ1) is 15.2. The Labute approximate surface area is 182 Å². The molecule has 0 unspecified atom stereocenters. The summed E-state index contributed by atoms with van der Waals surface area (Å²) in [6, 6.07) is 27.0. The number of ether oxygens (including phenoxy) is 2. The lowest BCUT2D eigenvalue weighted by Crippen LogP contribution is -2.33. The number of fused-ring (bicyclic) bond motifs is 1. The van der Waals surface area contributed by atoms with Gasteiger partial charge in [-0.2, -0.15) is 0 Å². The van der Waals surface area contributed by atoms with Gasteiger partial charge in [-0.3, -0.25) is 0 Å². The monoisotopic (exact) mass is 417 g/mol. The molecule has 5 nitrogen and oxygen atoms in total. The van der Waals surface area contributed by atoms with Crippen LogP contribution in [0.15, 0.2) is 78.9 Å². The van der Waals surface area contributed by atoms with Gasteiger partial charge in [-0.05, 0) is 36.1 Å². The van der Waals surface area contributed by atoms with Crippen molar-refractivity contribution in [1.82, 2.24) is 0 Å². The summed E-state index contributed by atoms with van der Waals surface area (Å²) in [5.41, 5.74) is 3.63. The Bertz CT molecular complexity index is 951. The molecule has 0 amide bonds. The molecule has 0 aromatic heterocycles. The predicted octanol–water partition coefficient (Wildman–Crippen LogP) is 4.96. The van der Waals surface area contributed by atoms with Gasteiger partial charge in [-0.15, -0.1) is 0 Å². The number of carboxylic acids is 1. The number of carboxylic acid groups (broad SMARTS) is 1. The largest absolute Gasteiger partial charge is 0.486 e. The SMILES string of the molecule is O=C(O)COc1cccc2c1OCCN2CCCC(c1ccccc1)c1ccccc1. The molecule has 1 aliphatic heterocycles. The first-order valence-electron chi connectivity index (χ1n) is 10.7. The molecule has 3 aromatic carbocycles. The second-order valence-corrected chi connectivity index (χ2v) is 7.64. The van der Waals surface area contributed by atoms with E-state index >= 15 is 0 Å². The molecule has 0 saturated heterocycles. The minimum atomic E-state index is -1.00. The highest BCUT2D eigenvalue weighted by atomic mass is 16.5. The maximum absolute atomic E-state index is 10.9. The van der Waals surface area contributed by atoms with Crippen LogP contribution in [-0.4, -0.2) is 37.4 Å². The van der Waals surface area contributed by atoms with Crippen molar-refractivity contribution in [3.63, 3.8) is 0 Å². The fourth-order valence-electron chi connectivity index (χ4n) is 4.14. The lowest BCUT2D eigenvalue weighted by atomic mass is 9.87. The van der Waals surface area contributed by atoms with E-state index in [2.05, 4.69) is 65.6 Å². The van der Waals surface area contributed by atoms with E-state index in [-0.39, 0.29) is 6.61 Å². The number of nitrogens with zero attached hydrogens (tertiary/aromatic N) is 1. The van der Waals surface area contributed by atoms with Gasteiger partial charge < -0.3 is 19.5 Å². The molecule has 3 aromatic rings. The summed E-state index contributed by atoms with van der Waals surface area (Å²) >= 11 is 0. The summed E-state index contributed by atoms with van der Waals surface area (Å²) in [6.45, 7) is 1.88. The van der Waals surface area contributed by atoms with Gasteiger partial charge in [-0.25, -0.2) is 4.79 Å². The van der Waals surface area contributed by atoms with Gasteiger partial charge in [-0.1, -0.05) is 66.7 Å². The molecule has 0 spiro atoms. The van der Waals surface area contributed by atoms with Crippen LogP contribution in [0.5, 0.6) is 11.5 Å².